The molecule has 1 aromatic rings. The standard InChI is InChI=1S/C13H15NO6/c1-4-20-13(19)14-10-7(3)9(12(17)18)6(2)5-8(10)11(15)16/h5H,4H2,1-3H3,(H,14,19)(H,15,16)(H,17,18). The Balaban J connectivity index is 3.45. The van der Waals surface area contributed by atoms with Crippen molar-refractivity contribution in [1.82, 2.24) is 0 Å². The maximum atomic E-state index is 11.4. The van der Waals surface area contributed by atoms with Gasteiger partial charge >= 0.3 is 18.0 Å². The SMILES string of the molecule is CCOC(=O)Nc1c(C(=O)O)cc(C)c(C(=O)O)c1C. The number of rotatable bonds is 4. The van der Waals surface area contributed by atoms with Crippen molar-refractivity contribution in [3.05, 3.63) is 28.3 Å². The molecule has 0 aliphatic carbocycles. The van der Waals surface area contributed by atoms with Crippen molar-refractivity contribution in [1.29, 1.82) is 0 Å². The lowest BCUT2D eigenvalue weighted by Crippen LogP contribution is -2.19. The van der Waals surface area contributed by atoms with Crippen LogP contribution in [0.4, 0.5) is 10.5 Å². The van der Waals surface area contributed by atoms with Crippen LogP contribution in [0.15, 0.2) is 6.07 Å². The Morgan fingerprint density at radius 2 is 1.80 bits per heavy atom. The molecule has 0 saturated heterocycles. The van der Waals surface area contributed by atoms with E-state index in [1.165, 1.54) is 19.9 Å². The smallest absolute Gasteiger partial charge is 0.411 e. The predicted octanol–water partition coefficient (Wildman–Crippen LogP) is 2.27. The summed E-state index contributed by atoms with van der Waals surface area (Å²) in [5, 5.41) is 20.6. The van der Waals surface area contributed by atoms with Gasteiger partial charge in [-0.1, -0.05) is 0 Å². The van der Waals surface area contributed by atoms with E-state index in [1.807, 2.05) is 0 Å². The average Bonchev–Trinajstić information content (AvgIpc) is 2.32. The molecule has 20 heavy (non-hydrogen) atoms. The third-order valence-electron chi connectivity index (χ3n) is 2.72. The zero-order chi connectivity index (χ0) is 15.4. The average molecular weight is 281 g/mol. The molecule has 1 rings (SSSR count). The number of ether oxygens (including phenoxy) is 1. The molecule has 1 amide bonds. The number of hydrogen-bond acceptors (Lipinski definition) is 4. The monoisotopic (exact) mass is 281 g/mol. The summed E-state index contributed by atoms with van der Waals surface area (Å²) < 4.78 is 4.68. The summed E-state index contributed by atoms with van der Waals surface area (Å²) >= 11 is 0. The van der Waals surface area contributed by atoms with Crippen LogP contribution >= 0.6 is 0 Å². The Kier molecular flexibility index (Phi) is 4.68. The molecule has 0 aromatic heterocycles. The van der Waals surface area contributed by atoms with Gasteiger partial charge in [0.15, 0.2) is 0 Å². The number of aryl methyl sites for hydroxylation is 1. The van der Waals surface area contributed by atoms with E-state index in [-0.39, 0.29) is 29.0 Å². The molecule has 3 N–H and O–H groups in total. The highest BCUT2D eigenvalue weighted by molar-refractivity contribution is 6.04. The zero-order valence-corrected chi connectivity index (χ0v) is 11.3. The first kappa shape index (κ1) is 15.5. The molecule has 0 fully saturated rings. The van der Waals surface area contributed by atoms with E-state index in [2.05, 4.69) is 10.1 Å². The summed E-state index contributed by atoms with van der Waals surface area (Å²) in [4.78, 5) is 33.8. The van der Waals surface area contributed by atoms with Crippen LogP contribution < -0.4 is 5.32 Å². The number of benzene rings is 1. The van der Waals surface area contributed by atoms with Crippen LogP contribution in [0.25, 0.3) is 0 Å². The topological polar surface area (TPSA) is 113 Å². The van der Waals surface area contributed by atoms with Crippen molar-refractivity contribution in [3.63, 3.8) is 0 Å². The molecule has 7 nitrogen and oxygen atoms in total. The lowest BCUT2D eigenvalue weighted by atomic mass is 9.96. The highest BCUT2D eigenvalue weighted by Crippen LogP contribution is 2.28. The summed E-state index contributed by atoms with van der Waals surface area (Å²) in [5.74, 6) is -2.45. The first-order valence-electron chi connectivity index (χ1n) is 5.84. The van der Waals surface area contributed by atoms with E-state index in [4.69, 9.17) is 10.2 Å². The summed E-state index contributed by atoms with van der Waals surface area (Å²) in [6, 6.07) is 1.21. The molecule has 0 atom stereocenters. The zero-order valence-electron chi connectivity index (χ0n) is 11.3. The third kappa shape index (κ3) is 3.05. The summed E-state index contributed by atoms with van der Waals surface area (Å²) in [5.41, 5.74) is 0.184. The number of hydrogen-bond donors (Lipinski definition) is 3. The van der Waals surface area contributed by atoms with Gasteiger partial charge in [0.1, 0.15) is 0 Å². The van der Waals surface area contributed by atoms with E-state index in [0.717, 1.165) is 0 Å². The quantitative estimate of drug-likeness (QED) is 0.780. The molecular weight excluding hydrogens is 266 g/mol. The summed E-state index contributed by atoms with van der Waals surface area (Å²) in [6.07, 6.45) is -0.835. The first-order valence-corrected chi connectivity index (χ1v) is 5.84. The van der Waals surface area contributed by atoms with Crippen LogP contribution in [-0.2, 0) is 4.74 Å². The van der Waals surface area contributed by atoms with Crippen LogP contribution in [0.5, 0.6) is 0 Å². The number of carboxylic acid groups (broad SMARTS) is 2. The largest absolute Gasteiger partial charge is 0.478 e. The Bertz CT molecular complexity index is 579. The minimum atomic E-state index is -1.26. The second-order valence-corrected chi connectivity index (χ2v) is 4.07. The number of carbonyl (C=O) groups excluding carboxylic acids is 1. The highest BCUT2D eigenvalue weighted by Gasteiger charge is 2.22. The van der Waals surface area contributed by atoms with E-state index < -0.39 is 18.0 Å². The highest BCUT2D eigenvalue weighted by atomic mass is 16.5. The fourth-order valence-corrected chi connectivity index (χ4v) is 1.91. The molecule has 0 radical (unpaired) electrons. The maximum Gasteiger partial charge on any atom is 0.411 e. The molecule has 0 bridgehead atoms. The van der Waals surface area contributed by atoms with Crippen molar-refractivity contribution in [3.8, 4) is 0 Å². The molecular formula is C13H15NO6. The Morgan fingerprint density at radius 3 is 2.25 bits per heavy atom. The number of amides is 1. The Hall–Kier alpha value is -2.57. The van der Waals surface area contributed by atoms with Crippen LogP contribution in [0.1, 0.15) is 38.8 Å². The molecule has 7 heteroatoms. The number of anilines is 1. The molecule has 0 spiro atoms. The van der Waals surface area contributed by atoms with Gasteiger partial charge in [-0.2, -0.15) is 0 Å². The molecule has 0 saturated carbocycles. The van der Waals surface area contributed by atoms with Gasteiger partial charge in [-0.15, -0.1) is 0 Å². The van der Waals surface area contributed by atoms with Crippen LogP contribution in [0.2, 0.25) is 0 Å². The van der Waals surface area contributed by atoms with E-state index in [0.29, 0.717) is 5.56 Å². The second kappa shape index (κ2) is 6.05. The van der Waals surface area contributed by atoms with Crippen molar-refractivity contribution in [2.45, 2.75) is 20.8 Å². The first-order chi connectivity index (χ1) is 9.29. The van der Waals surface area contributed by atoms with Gasteiger partial charge in [0, 0.05) is 0 Å². The van der Waals surface area contributed by atoms with E-state index in [9.17, 15) is 14.4 Å². The van der Waals surface area contributed by atoms with Gasteiger partial charge in [-0.25, -0.2) is 14.4 Å². The lowest BCUT2D eigenvalue weighted by Gasteiger charge is -2.15. The Labute approximate surface area is 115 Å². The predicted molar refractivity (Wildman–Crippen MR) is 70.5 cm³/mol. The number of carbonyl (C=O) groups is 3. The normalized spacial score (nSPS) is 9.95. The van der Waals surface area contributed by atoms with Gasteiger partial charge in [0.05, 0.1) is 23.4 Å². The van der Waals surface area contributed by atoms with Gasteiger partial charge in [0.25, 0.3) is 0 Å². The molecule has 1 aromatic carbocycles. The van der Waals surface area contributed by atoms with Crippen LogP contribution in [-0.4, -0.2) is 34.9 Å². The summed E-state index contributed by atoms with van der Waals surface area (Å²) in [7, 11) is 0. The lowest BCUT2D eigenvalue weighted by molar-refractivity contribution is 0.0680. The van der Waals surface area contributed by atoms with Crippen molar-refractivity contribution >= 4 is 23.7 Å². The second-order valence-electron chi connectivity index (χ2n) is 4.07. The molecule has 0 unspecified atom stereocenters. The summed E-state index contributed by atoms with van der Waals surface area (Å²) in [6.45, 7) is 4.65. The minimum absolute atomic E-state index is 0.0400. The fourth-order valence-electron chi connectivity index (χ4n) is 1.91. The van der Waals surface area contributed by atoms with E-state index >= 15 is 0 Å². The van der Waals surface area contributed by atoms with Crippen LogP contribution in [0, 0.1) is 13.8 Å². The van der Waals surface area contributed by atoms with Gasteiger partial charge < -0.3 is 14.9 Å². The van der Waals surface area contributed by atoms with Crippen molar-refractivity contribution in [2.75, 3.05) is 11.9 Å². The molecule has 0 heterocycles. The van der Waals surface area contributed by atoms with Crippen molar-refractivity contribution in [2.24, 2.45) is 0 Å². The van der Waals surface area contributed by atoms with Gasteiger partial charge in [-0.05, 0) is 38.0 Å². The molecule has 0 aliphatic rings. The fraction of sp³-hybridized carbons (Fsp3) is 0.308. The number of carboxylic acids is 2. The molecule has 108 valence electrons. The van der Waals surface area contributed by atoms with Gasteiger partial charge in [-0.3, -0.25) is 5.32 Å². The minimum Gasteiger partial charge on any atom is -0.478 e. The van der Waals surface area contributed by atoms with Crippen LogP contribution in [0.3, 0.4) is 0 Å². The van der Waals surface area contributed by atoms with E-state index in [1.54, 1.807) is 6.92 Å². The third-order valence-corrected chi connectivity index (χ3v) is 2.72. The Morgan fingerprint density at radius 1 is 1.20 bits per heavy atom. The van der Waals surface area contributed by atoms with Crippen molar-refractivity contribution < 1.29 is 29.3 Å². The van der Waals surface area contributed by atoms with Gasteiger partial charge in [0.2, 0.25) is 0 Å². The number of aromatic carboxylic acids is 2. The number of nitrogens with one attached hydrogen (secondary N) is 1. The molecule has 0 aliphatic heterocycles. The maximum absolute atomic E-state index is 11.4.